The molecule has 12 heavy (non-hydrogen) atoms. The van der Waals surface area contributed by atoms with Crippen LogP contribution in [0.15, 0.2) is 12.1 Å². The summed E-state index contributed by atoms with van der Waals surface area (Å²) < 4.78 is 12.9. The van der Waals surface area contributed by atoms with Crippen molar-refractivity contribution in [2.45, 2.75) is 13.3 Å². The van der Waals surface area contributed by atoms with E-state index in [0.29, 0.717) is 23.6 Å². The van der Waals surface area contributed by atoms with Crippen LogP contribution in [-0.4, -0.2) is 6.54 Å². The van der Waals surface area contributed by atoms with E-state index in [-0.39, 0.29) is 5.82 Å². The normalized spacial score (nSPS) is 10.3. The van der Waals surface area contributed by atoms with Crippen LogP contribution in [0, 0.1) is 12.7 Å². The first-order chi connectivity index (χ1) is 5.66. The molecule has 1 nitrogen and oxygen atoms in total. The van der Waals surface area contributed by atoms with Gasteiger partial charge in [-0.05, 0) is 31.5 Å². The van der Waals surface area contributed by atoms with Crippen LogP contribution < -0.4 is 5.73 Å². The van der Waals surface area contributed by atoms with Crippen molar-refractivity contribution < 1.29 is 4.39 Å². The van der Waals surface area contributed by atoms with Crippen molar-refractivity contribution in [3.63, 3.8) is 0 Å². The number of benzene rings is 1. The van der Waals surface area contributed by atoms with Crippen LogP contribution in [0.1, 0.15) is 11.1 Å². The Balaban J connectivity index is 3.08. The molecule has 3 heteroatoms. The highest BCUT2D eigenvalue weighted by Crippen LogP contribution is 2.22. The van der Waals surface area contributed by atoms with Gasteiger partial charge in [0.2, 0.25) is 0 Å². The lowest BCUT2D eigenvalue weighted by Gasteiger charge is -2.05. The van der Waals surface area contributed by atoms with Gasteiger partial charge in [-0.3, -0.25) is 0 Å². The van der Waals surface area contributed by atoms with E-state index >= 15 is 0 Å². The van der Waals surface area contributed by atoms with E-state index in [0.717, 1.165) is 5.56 Å². The Morgan fingerprint density at radius 2 is 2.17 bits per heavy atom. The summed E-state index contributed by atoms with van der Waals surface area (Å²) in [6, 6.07) is 3.10. The molecule has 0 aromatic heterocycles. The third kappa shape index (κ3) is 1.76. The third-order valence-electron chi connectivity index (χ3n) is 1.81. The number of hydrogen-bond donors (Lipinski definition) is 1. The van der Waals surface area contributed by atoms with Gasteiger partial charge in [0.05, 0.1) is 0 Å². The molecule has 0 aliphatic heterocycles. The fraction of sp³-hybridized carbons (Fsp3) is 0.333. The largest absolute Gasteiger partial charge is 0.330 e. The van der Waals surface area contributed by atoms with Gasteiger partial charge in [-0.1, -0.05) is 17.7 Å². The van der Waals surface area contributed by atoms with Crippen LogP contribution in [0.4, 0.5) is 4.39 Å². The first-order valence-corrected chi connectivity index (χ1v) is 4.18. The Kier molecular flexibility index (Phi) is 3.06. The molecular weight excluding hydrogens is 177 g/mol. The van der Waals surface area contributed by atoms with Gasteiger partial charge in [-0.2, -0.15) is 0 Å². The van der Waals surface area contributed by atoms with Crippen LogP contribution in [0.2, 0.25) is 5.02 Å². The molecule has 1 rings (SSSR count). The summed E-state index contributed by atoms with van der Waals surface area (Å²) in [5.41, 5.74) is 6.78. The van der Waals surface area contributed by atoms with Gasteiger partial charge in [-0.15, -0.1) is 0 Å². The first kappa shape index (κ1) is 9.49. The maximum atomic E-state index is 12.9. The smallest absolute Gasteiger partial charge is 0.127 e. The SMILES string of the molecule is Cc1c(F)ccc(CCN)c1Cl. The molecular formula is C9H11ClFN. The molecule has 1 aromatic rings. The van der Waals surface area contributed by atoms with Crippen LogP contribution >= 0.6 is 11.6 Å². The zero-order valence-corrected chi connectivity index (χ0v) is 7.66. The van der Waals surface area contributed by atoms with Gasteiger partial charge in [0.25, 0.3) is 0 Å². The first-order valence-electron chi connectivity index (χ1n) is 3.80. The van der Waals surface area contributed by atoms with Crippen molar-refractivity contribution >= 4 is 11.6 Å². The number of halogens is 2. The van der Waals surface area contributed by atoms with Gasteiger partial charge in [0, 0.05) is 10.6 Å². The van der Waals surface area contributed by atoms with Crippen LogP contribution in [0.25, 0.3) is 0 Å². The van der Waals surface area contributed by atoms with E-state index in [1.54, 1.807) is 13.0 Å². The van der Waals surface area contributed by atoms with Crippen molar-refractivity contribution in [3.05, 3.63) is 34.1 Å². The van der Waals surface area contributed by atoms with Crippen molar-refractivity contribution in [2.24, 2.45) is 5.73 Å². The van der Waals surface area contributed by atoms with Crippen LogP contribution in [0.3, 0.4) is 0 Å². The molecule has 0 radical (unpaired) electrons. The molecule has 0 fully saturated rings. The van der Waals surface area contributed by atoms with Crippen molar-refractivity contribution in [1.82, 2.24) is 0 Å². The van der Waals surface area contributed by atoms with E-state index in [9.17, 15) is 4.39 Å². The van der Waals surface area contributed by atoms with E-state index in [4.69, 9.17) is 17.3 Å². The second kappa shape index (κ2) is 3.87. The number of rotatable bonds is 2. The topological polar surface area (TPSA) is 26.0 Å². The van der Waals surface area contributed by atoms with Crippen molar-refractivity contribution in [1.29, 1.82) is 0 Å². The Hall–Kier alpha value is -0.600. The lowest BCUT2D eigenvalue weighted by molar-refractivity contribution is 0.617. The summed E-state index contributed by atoms with van der Waals surface area (Å²) in [6.45, 7) is 2.20. The lowest BCUT2D eigenvalue weighted by Crippen LogP contribution is -2.04. The Morgan fingerprint density at radius 3 is 2.75 bits per heavy atom. The Morgan fingerprint density at radius 1 is 1.50 bits per heavy atom. The summed E-state index contributed by atoms with van der Waals surface area (Å²) >= 11 is 5.88. The average molecular weight is 188 g/mol. The summed E-state index contributed by atoms with van der Waals surface area (Å²) in [4.78, 5) is 0. The van der Waals surface area contributed by atoms with Crippen molar-refractivity contribution in [3.8, 4) is 0 Å². The molecule has 0 unspecified atom stereocenters. The third-order valence-corrected chi connectivity index (χ3v) is 2.34. The fourth-order valence-corrected chi connectivity index (χ4v) is 1.31. The molecule has 1 aromatic carbocycles. The summed E-state index contributed by atoms with van der Waals surface area (Å²) in [5, 5.41) is 0.500. The molecule has 66 valence electrons. The molecule has 0 saturated heterocycles. The number of nitrogens with two attached hydrogens (primary N) is 1. The zero-order valence-electron chi connectivity index (χ0n) is 6.90. The predicted octanol–water partition coefficient (Wildman–Crippen LogP) is 2.29. The molecule has 2 N–H and O–H groups in total. The maximum Gasteiger partial charge on any atom is 0.127 e. The van der Waals surface area contributed by atoms with Gasteiger partial charge in [0.15, 0.2) is 0 Å². The monoisotopic (exact) mass is 187 g/mol. The second-order valence-electron chi connectivity index (χ2n) is 2.68. The molecule has 0 aliphatic carbocycles. The quantitative estimate of drug-likeness (QED) is 0.756. The van der Waals surface area contributed by atoms with Gasteiger partial charge >= 0.3 is 0 Å². The molecule has 0 heterocycles. The molecule has 0 spiro atoms. The van der Waals surface area contributed by atoms with Gasteiger partial charge < -0.3 is 5.73 Å². The second-order valence-corrected chi connectivity index (χ2v) is 3.06. The highest BCUT2D eigenvalue weighted by atomic mass is 35.5. The molecule has 0 atom stereocenters. The molecule has 0 amide bonds. The molecule has 0 aliphatic rings. The molecule has 0 saturated carbocycles. The highest BCUT2D eigenvalue weighted by Gasteiger charge is 2.06. The average Bonchev–Trinajstić information content (AvgIpc) is 2.07. The van der Waals surface area contributed by atoms with Crippen LogP contribution in [-0.2, 0) is 6.42 Å². The molecule has 0 bridgehead atoms. The summed E-state index contributed by atoms with van der Waals surface area (Å²) in [7, 11) is 0. The minimum atomic E-state index is -0.263. The summed E-state index contributed by atoms with van der Waals surface area (Å²) in [6.07, 6.45) is 0.694. The predicted molar refractivity (Wildman–Crippen MR) is 48.9 cm³/mol. The van der Waals surface area contributed by atoms with E-state index in [1.165, 1.54) is 6.07 Å². The van der Waals surface area contributed by atoms with E-state index in [1.807, 2.05) is 0 Å². The standard InChI is InChI=1S/C9H11ClFN/c1-6-8(11)3-2-7(4-5-12)9(6)10/h2-3H,4-5,12H2,1H3. The minimum Gasteiger partial charge on any atom is -0.330 e. The Bertz CT molecular complexity index is 286. The van der Waals surface area contributed by atoms with E-state index < -0.39 is 0 Å². The Labute approximate surface area is 76.3 Å². The lowest BCUT2D eigenvalue weighted by atomic mass is 10.1. The van der Waals surface area contributed by atoms with Gasteiger partial charge in [-0.25, -0.2) is 4.39 Å². The van der Waals surface area contributed by atoms with Gasteiger partial charge in [0.1, 0.15) is 5.82 Å². The van der Waals surface area contributed by atoms with Crippen LogP contribution in [0.5, 0.6) is 0 Å². The highest BCUT2D eigenvalue weighted by molar-refractivity contribution is 6.32. The van der Waals surface area contributed by atoms with Crippen molar-refractivity contribution in [2.75, 3.05) is 6.54 Å². The zero-order chi connectivity index (χ0) is 9.14. The fourth-order valence-electron chi connectivity index (χ4n) is 1.07. The number of hydrogen-bond acceptors (Lipinski definition) is 1. The van der Waals surface area contributed by atoms with E-state index in [2.05, 4.69) is 0 Å². The minimum absolute atomic E-state index is 0.263. The maximum absolute atomic E-state index is 12.9. The summed E-state index contributed by atoms with van der Waals surface area (Å²) in [5.74, 6) is -0.263.